The summed E-state index contributed by atoms with van der Waals surface area (Å²) in [4.78, 5) is 20.0. The van der Waals surface area contributed by atoms with Crippen molar-refractivity contribution in [3.8, 4) is 0 Å². The number of nitrogens with zero attached hydrogens (tertiary/aromatic N) is 3. The second kappa shape index (κ2) is 5.45. The second-order valence-corrected chi connectivity index (χ2v) is 5.19. The van der Waals surface area contributed by atoms with E-state index in [9.17, 15) is 4.79 Å². The fraction of sp³-hybridized carbons (Fsp3) is 0.455. The SMILES string of the molecule is O=C(NCc1nccs1)c1noc(C2CCCN2)n1. The van der Waals surface area contributed by atoms with Gasteiger partial charge in [-0.1, -0.05) is 5.16 Å². The van der Waals surface area contributed by atoms with Crippen LogP contribution in [-0.2, 0) is 6.54 Å². The topological polar surface area (TPSA) is 92.9 Å². The molecule has 0 bridgehead atoms. The monoisotopic (exact) mass is 279 g/mol. The average molecular weight is 279 g/mol. The van der Waals surface area contributed by atoms with Crippen LogP contribution in [0, 0.1) is 0 Å². The van der Waals surface area contributed by atoms with E-state index in [0.29, 0.717) is 12.4 Å². The Bertz CT molecular complexity index is 547. The molecule has 3 heterocycles. The molecule has 100 valence electrons. The number of aromatic nitrogens is 3. The molecule has 1 saturated heterocycles. The molecule has 2 aromatic rings. The lowest BCUT2D eigenvalue weighted by molar-refractivity contribution is 0.0937. The first-order valence-corrected chi connectivity index (χ1v) is 6.94. The molecule has 19 heavy (non-hydrogen) atoms. The van der Waals surface area contributed by atoms with Gasteiger partial charge in [0.05, 0.1) is 12.6 Å². The number of thiazole rings is 1. The predicted molar refractivity (Wildman–Crippen MR) is 67.6 cm³/mol. The van der Waals surface area contributed by atoms with Crippen LogP contribution < -0.4 is 10.6 Å². The Morgan fingerprint density at radius 3 is 3.32 bits per heavy atom. The molecule has 2 N–H and O–H groups in total. The fourth-order valence-electron chi connectivity index (χ4n) is 1.94. The highest BCUT2D eigenvalue weighted by Crippen LogP contribution is 2.20. The zero-order valence-corrected chi connectivity index (χ0v) is 10.9. The number of rotatable bonds is 4. The Morgan fingerprint density at radius 1 is 1.63 bits per heavy atom. The largest absolute Gasteiger partial charge is 0.343 e. The normalized spacial score (nSPS) is 18.6. The van der Waals surface area contributed by atoms with Crippen LogP contribution in [0.15, 0.2) is 16.1 Å². The van der Waals surface area contributed by atoms with Crippen molar-refractivity contribution >= 4 is 17.2 Å². The highest BCUT2D eigenvalue weighted by atomic mass is 32.1. The molecular weight excluding hydrogens is 266 g/mol. The molecule has 1 aliphatic heterocycles. The highest BCUT2D eigenvalue weighted by molar-refractivity contribution is 7.09. The van der Waals surface area contributed by atoms with E-state index in [1.54, 1.807) is 6.20 Å². The van der Waals surface area contributed by atoms with Crippen molar-refractivity contribution in [2.75, 3.05) is 6.54 Å². The Kier molecular flexibility index (Phi) is 3.51. The van der Waals surface area contributed by atoms with E-state index >= 15 is 0 Å². The number of carbonyl (C=O) groups is 1. The zero-order valence-electron chi connectivity index (χ0n) is 10.1. The Morgan fingerprint density at radius 2 is 2.58 bits per heavy atom. The van der Waals surface area contributed by atoms with Crippen molar-refractivity contribution in [2.45, 2.75) is 25.4 Å². The molecule has 8 heteroatoms. The molecule has 0 radical (unpaired) electrons. The molecule has 1 aliphatic rings. The summed E-state index contributed by atoms with van der Waals surface area (Å²) >= 11 is 1.49. The van der Waals surface area contributed by atoms with Gasteiger partial charge in [0.25, 0.3) is 11.7 Å². The molecule has 1 atom stereocenters. The van der Waals surface area contributed by atoms with Crippen LogP contribution in [0.3, 0.4) is 0 Å². The van der Waals surface area contributed by atoms with Crippen LogP contribution in [0.4, 0.5) is 0 Å². The van der Waals surface area contributed by atoms with Crippen molar-refractivity contribution in [1.82, 2.24) is 25.8 Å². The second-order valence-electron chi connectivity index (χ2n) is 4.21. The van der Waals surface area contributed by atoms with Crippen LogP contribution in [0.2, 0.25) is 0 Å². The summed E-state index contributed by atoms with van der Waals surface area (Å²) in [6.07, 6.45) is 3.74. The van der Waals surface area contributed by atoms with Gasteiger partial charge in [0.2, 0.25) is 5.89 Å². The number of carbonyl (C=O) groups excluding carboxylic acids is 1. The van der Waals surface area contributed by atoms with Crippen LogP contribution in [0.1, 0.15) is 40.4 Å². The van der Waals surface area contributed by atoms with E-state index in [2.05, 4.69) is 25.8 Å². The van der Waals surface area contributed by atoms with E-state index < -0.39 is 0 Å². The predicted octanol–water partition coefficient (Wildman–Crippen LogP) is 0.881. The maximum absolute atomic E-state index is 11.8. The minimum Gasteiger partial charge on any atom is -0.343 e. The maximum atomic E-state index is 11.8. The summed E-state index contributed by atoms with van der Waals surface area (Å²) in [5.41, 5.74) is 0. The van der Waals surface area contributed by atoms with Gasteiger partial charge in [0.1, 0.15) is 5.01 Å². The maximum Gasteiger partial charge on any atom is 0.293 e. The third kappa shape index (κ3) is 2.79. The lowest BCUT2D eigenvalue weighted by Crippen LogP contribution is -2.24. The van der Waals surface area contributed by atoms with Gasteiger partial charge in [-0.15, -0.1) is 11.3 Å². The summed E-state index contributed by atoms with van der Waals surface area (Å²) < 4.78 is 5.11. The first-order valence-electron chi connectivity index (χ1n) is 6.06. The van der Waals surface area contributed by atoms with Crippen LogP contribution >= 0.6 is 11.3 Å². The molecule has 7 nitrogen and oxygen atoms in total. The highest BCUT2D eigenvalue weighted by Gasteiger charge is 2.24. The molecule has 0 spiro atoms. The smallest absolute Gasteiger partial charge is 0.293 e. The minimum absolute atomic E-state index is 0.0697. The molecule has 1 fully saturated rings. The van der Waals surface area contributed by atoms with Crippen molar-refractivity contribution in [1.29, 1.82) is 0 Å². The minimum atomic E-state index is -0.344. The van der Waals surface area contributed by atoms with E-state index in [4.69, 9.17) is 4.52 Å². The third-order valence-corrected chi connectivity index (χ3v) is 3.67. The standard InChI is InChI=1S/C11H13N5O2S/c17-10(14-6-8-13-4-5-19-8)9-15-11(18-16-9)7-2-1-3-12-7/h4-5,7,12H,1-3,6H2,(H,14,17). The van der Waals surface area contributed by atoms with Crippen molar-refractivity contribution < 1.29 is 9.32 Å². The summed E-state index contributed by atoms with van der Waals surface area (Å²) in [6, 6.07) is 0.0769. The van der Waals surface area contributed by atoms with E-state index in [-0.39, 0.29) is 17.8 Å². The molecule has 1 amide bonds. The third-order valence-electron chi connectivity index (χ3n) is 2.89. The van der Waals surface area contributed by atoms with Gasteiger partial charge in [-0.25, -0.2) is 4.98 Å². The van der Waals surface area contributed by atoms with Gasteiger partial charge in [0, 0.05) is 11.6 Å². The van der Waals surface area contributed by atoms with Gasteiger partial charge < -0.3 is 15.2 Å². The molecule has 0 aromatic carbocycles. The Hall–Kier alpha value is -1.80. The Labute approximate surface area is 113 Å². The summed E-state index contributed by atoms with van der Waals surface area (Å²) in [6.45, 7) is 1.32. The molecule has 2 aromatic heterocycles. The molecule has 0 saturated carbocycles. The van der Waals surface area contributed by atoms with Crippen molar-refractivity contribution in [3.63, 3.8) is 0 Å². The summed E-state index contributed by atoms with van der Waals surface area (Å²) in [5, 5.41) is 12.4. The van der Waals surface area contributed by atoms with Gasteiger partial charge in [-0.05, 0) is 19.4 Å². The van der Waals surface area contributed by atoms with Gasteiger partial charge >= 0.3 is 0 Å². The fourth-order valence-corrected chi connectivity index (χ4v) is 2.50. The lowest BCUT2D eigenvalue weighted by atomic mass is 10.2. The summed E-state index contributed by atoms with van der Waals surface area (Å²) in [7, 11) is 0. The van der Waals surface area contributed by atoms with Gasteiger partial charge in [-0.2, -0.15) is 4.98 Å². The molecule has 1 unspecified atom stereocenters. The number of nitrogens with one attached hydrogen (secondary N) is 2. The zero-order chi connectivity index (χ0) is 13.1. The van der Waals surface area contributed by atoms with Gasteiger partial charge in [0.15, 0.2) is 0 Å². The van der Waals surface area contributed by atoms with E-state index in [1.165, 1.54) is 11.3 Å². The quantitative estimate of drug-likeness (QED) is 0.863. The number of amides is 1. The molecule has 3 rings (SSSR count). The Balaban J connectivity index is 1.60. The van der Waals surface area contributed by atoms with Crippen LogP contribution in [0.25, 0.3) is 0 Å². The van der Waals surface area contributed by atoms with Crippen LogP contribution in [0.5, 0.6) is 0 Å². The first kappa shape index (κ1) is 12.2. The van der Waals surface area contributed by atoms with Gasteiger partial charge in [-0.3, -0.25) is 4.79 Å². The van der Waals surface area contributed by atoms with E-state index in [1.807, 2.05) is 5.38 Å². The lowest BCUT2D eigenvalue weighted by Gasteiger charge is -2.01. The van der Waals surface area contributed by atoms with Crippen LogP contribution in [-0.4, -0.2) is 27.6 Å². The van der Waals surface area contributed by atoms with Crippen molar-refractivity contribution in [3.05, 3.63) is 28.3 Å². The molecule has 0 aliphatic carbocycles. The molecular formula is C11H13N5O2S. The number of hydrogen-bond acceptors (Lipinski definition) is 7. The van der Waals surface area contributed by atoms with Crippen molar-refractivity contribution in [2.24, 2.45) is 0 Å². The average Bonchev–Trinajstić information content (AvgIpc) is 3.14. The number of hydrogen-bond donors (Lipinski definition) is 2. The summed E-state index contributed by atoms with van der Waals surface area (Å²) in [5.74, 6) is 0.209. The first-order chi connectivity index (χ1) is 9.33. The van der Waals surface area contributed by atoms with E-state index in [0.717, 1.165) is 24.4 Å².